The van der Waals surface area contributed by atoms with Crippen LogP contribution in [0.25, 0.3) is 0 Å². The van der Waals surface area contributed by atoms with Gasteiger partial charge in [-0.2, -0.15) is 0 Å². The number of hydrogen-bond acceptors (Lipinski definition) is 6. The first-order chi connectivity index (χ1) is 30.0. The zero-order chi connectivity index (χ0) is 44.4. The second kappa shape index (κ2) is 49.5. The molecule has 0 rings (SSSR count). The van der Waals surface area contributed by atoms with E-state index < -0.39 is 6.10 Å². The fraction of sp³-hybridized carbons (Fsp3) is 0.727. The van der Waals surface area contributed by atoms with Crippen molar-refractivity contribution in [3.05, 3.63) is 72.9 Å². The van der Waals surface area contributed by atoms with Gasteiger partial charge in [-0.25, -0.2) is 0 Å². The van der Waals surface area contributed by atoms with Crippen LogP contribution in [0.5, 0.6) is 0 Å². The quantitative estimate of drug-likeness (QED) is 0.0263. The van der Waals surface area contributed by atoms with Crippen LogP contribution in [0.4, 0.5) is 0 Å². The SMILES string of the molecule is CC/C=C\C/C=C\C/C=C\C/C=C\C/C=C\CCCCCC(=O)OCC(COC(=O)CCCCCCCCCCCC)OC(=O)CCCCC/C=C\CCCCCCCCC. The first-order valence-electron chi connectivity index (χ1n) is 25.4. The van der Waals surface area contributed by atoms with Gasteiger partial charge in [-0.15, -0.1) is 0 Å². The highest BCUT2D eigenvalue weighted by Gasteiger charge is 2.19. The third-order valence-corrected chi connectivity index (χ3v) is 10.7. The van der Waals surface area contributed by atoms with E-state index in [2.05, 4.69) is 93.7 Å². The minimum Gasteiger partial charge on any atom is -0.462 e. The van der Waals surface area contributed by atoms with Crippen molar-refractivity contribution >= 4 is 17.9 Å². The molecule has 0 aliphatic carbocycles. The lowest BCUT2D eigenvalue weighted by Crippen LogP contribution is -2.30. The van der Waals surface area contributed by atoms with Crippen molar-refractivity contribution in [2.24, 2.45) is 0 Å². The average molecular weight is 851 g/mol. The van der Waals surface area contributed by atoms with E-state index in [-0.39, 0.29) is 31.1 Å². The van der Waals surface area contributed by atoms with Gasteiger partial charge >= 0.3 is 17.9 Å². The normalized spacial score (nSPS) is 12.6. The molecule has 6 heteroatoms. The number of allylic oxidation sites excluding steroid dienone is 12. The van der Waals surface area contributed by atoms with Crippen LogP contribution in [0.2, 0.25) is 0 Å². The van der Waals surface area contributed by atoms with Crippen molar-refractivity contribution in [2.75, 3.05) is 13.2 Å². The maximum absolute atomic E-state index is 12.8. The number of rotatable bonds is 45. The summed E-state index contributed by atoms with van der Waals surface area (Å²) in [6.45, 7) is 6.46. The van der Waals surface area contributed by atoms with Crippen molar-refractivity contribution < 1.29 is 28.6 Å². The molecule has 0 aromatic carbocycles. The van der Waals surface area contributed by atoms with E-state index in [1.165, 1.54) is 89.9 Å². The number of carbonyl (C=O) groups is 3. The second-order valence-electron chi connectivity index (χ2n) is 16.7. The summed E-state index contributed by atoms with van der Waals surface area (Å²) in [7, 11) is 0. The average Bonchev–Trinajstić information content (AvgIpc) is 3.26. The predicted molar refractivity (Wildman–Crippen MR) is 261 cm³/mol. The molecule has 1 atom stereocenters. The molecule has 0 aliphatic rings. The van der Waals surface area contributed by atoms with Gasteiger partial charge in [-0.3, -0.25) is 14.4 Å². The van der Waals surface area contributed by atoms with Gasteiger partial charge in [-0.05, 0) is 89.9 Å². The Labute approximate surface area is 376 Å². The van der Waals surface area contributed by atoms with Crippen LogP contribution >= 0.6 is 0 Å². The number of carbonyl (C=O) groups excluding carboxylic acids is 3. The fourth-order valence-electron chi connectivity index (χ4n) is 6.87. The molecule has 350 valence electrons. The van der Waals surface area contributed by atoms with E-state index in [0.29, 0.717) is 19.3 Å². The maximum atomic E-state index is 12.8. The Bertz CT molecular complexity index is 1160. The molecule has 0 heterocycles. The van der Waals surface area contributed by atoms with Crippen LogP contribution < -0.4 is 0 Å². The molecule has 0 saturated carbocycles. The highest BCUT2D eigenvalue weighted by atomic mass is 16.6. The summed E-state index contributed by atoms with van der Waals surface area (Å²) in [5, 5.41) is 0. The number of ether oxygens (including phenoxy) is 3. The lowest BCUT2D eigenvalue weighted by molar-refractivity contribution is -0.167. The number of unbranched alkanes of at least 4 members (excludes halogenated alkanes) is 22. The Hall–Kier alpha value is -3.15. The first-order valence-corrected chi connectivity index (χ1v) is 25.4. The molecule has 61 heavy (non-hydrogen) atoms. The fourth-order valence-corrected chi connectivity index (χ4v) is 6.87. The van der Waals surface area contributed by atoms with Crippen LogP contribution in [0.3, 0.4) is 0 Å². The van der Waals surface area contributed by atoms with Crippen LogP contribution in [0.1, 0.15) is 239 Å². The maximum Gasteiger partial charge on any atom is 0.306 e. The largest absolute Gasteiger partial charge is 0.462 e. The minimum atomic E-state index is -0.794. The molecule has 6 nitrogen and oxygen atoms in total. The summed E-state index contributed by atoms with van der Waals surface area (Å²) in [5.74, 6) is -0.941. The molecule has 0 fully saturated rings. The summed E-state index contributed by atoms with van der Waals surface area (Å²) in [6, 6.07) is 0. The van der Waals surface area contributed by atoms with Crippen LogP contribution in [-0.2, 0) is 28.6 Å². The van der Waals surface area contributed by atoms with E-state index in [0.717, 1.165) is 109 Å². The summed E-state index contributed by atoms with van der Waals surface area (Å²) in [5.41, 5.74) is 0. The molecule has 1 unspecified atom stereocenters. The Morgan fingerprint density at radius 3 is 1.03 bits per heavy atom. The molecule has 0 radical (unpaired) electrons. The van der Waals surface area contributed by atoms with Crippen molar-refractivity contribution in [3.8, 4) is 0 Å². The van der Waals surface area contributed by atoms with Crippen molar-refractivity contribution in [3.63, 3.8) is 0 Å². The lowest BCUT2D eigenvalue weighted by atomic mass is 10.1. The Morgan fingerprint density at radius 2 is 0.639 bits per heavy atom. The van der Waals surface area contributed by atoms with Crippen LogP contribution in [-0.4, -0.2) is 37.2 Å². The minimum absolute atomic E-state index is 0.0909. The highest BCUT2D eigenvalue weighted by molar-refractivity contribution is 5.71. The van der Waals surface area contributed by atoms with E-state index in [4.69, 9.17) is 14.2 Å². The number of hydrogen-bond donors (Lipinski definition) is 0. The monoisotopic (exact) mass is 851 g/mol. The van der Waals surface area contributed by atoms with Gasteiger partial charge in [-0.1, -0.05) is 203 Å². The predicted octanol–water partition coefficient (Wildman–Crippen LogP) is 16.6. The zero-order valence-electron chi connectivity index (χ0n) is 39.9. The van der Waals surface area contributed by atoms with Crippen LogP contribution in [0, 0.1) is 0 Å². The third kappa shape index (κ3) is 47.7. The van der Waals surface area contributed by atoms with Crippen molar-refractivity contribution in [1.82, 2.24) is 0 Å². The molecular weight excluding hydrogens is 757 g/mol. The smallest absolute Gasteiger partial charge is 0.306 e. The van der Waals surface area contributed by atoms with Gasteiger partial charge in [0.05, 0.1) is 0 Å². The molecular formula is C55H94O6. The van der Waals surface area contributed by atoms with Crippen molar-refractivity contribution in [2.45, 2.75) is 245 Å². The molecule has 0 amide bonds. The molecule has 0 saturated heterocycles. The van der Waals surface area contributed by atoms with E-state index in [1.54, 1.807) is 0 Å². The Kier molecular flexibility index (Phi) is 46.9. The summed E-state index contributed by atoms with van der Waals surface area (Å²) >= 11 is 0. The van der Waals surface area contributed by atoms with Crippen LogP contribution in [0.15, 0.2) is 72.9 Å². The third-order valence-electron chi connectivity index (χ3n) is 10.7. The highest BCUT2D eigenvalue weighted by Crippen LogP contribution is 2.14. The topological polar surface area (TPSA) is 78.9 Å². The Balaban J connectivity index is 4.43. The van der Waals surface area contributed by atoms with Gasteiger partial charge in [0, 0.05) is 19.3 Å². The van der Waals surface area contributed by atoms with Crippen molar-refractivity contribution in [1.29, 1.82) is 0 Å². The molecule has 0 bridgehead atoms. The summed E-state index contributed by atoms with van der Waals surface area (Å²) in [4.78, 5) is 37.9. The number of esters is 3. The molecule has 0 N–H and O–H groups in total. The van der Waals surface area contributed by atoms with Gasteiger partial charge in [0.1, 0.15) is 13.2 Å². The molecule has 0 spiro atoms. The summed E-state index contributed by atoms with van der Waals surface area (Å²) in [6.07, 6.45) is 61.7. The van der Waals surface area contributed by atoms with Gasteiger partial charge < -0.3 is 14.2 Å². The van der Waals surface area contributed by atoms with Gasteiger partial charge in [0.2, 0.25) is 0 Å². The summed E-state index contributed by atoms with van der Waals surface area (Å²) < 4.78 is 16.7. The van der Waals surface area contributed by atoms with E-state index in [9.17, 15) is 14.4 Å². The van der Waals surface area contributed by atoms with E-state index >= 15 is 0 Å². The Morgan fingerprint density at radius 1 is 0.344 bits per heavy atom. The molecule has 0 aliphatic heterocycles. The molecule has 0 aromatic heterocycles. The van der Waals surface area contributed by atoms with Gasteiger partial charge in [0.15, 0.2) is 6.10 Å². The van der Waals surface area contributed by atoms with Gasteiger partial charge in [0.25, 0.3) is 0 Å². The zero-order valence-corrected chi connectivity index (χ0v) is 39.9. The second-order valence-corrected chi connectivity index (χ2v) is 16.7. The van der Waals surface area contributed by atoms with E-state index in [1.807, 2.05) is 0 Å². The standard InChI is InChI=1S/C55H94O6/c1-4-7-10-13-16-19-22-24-26-27-28-29-30-32-33-36-39-42-45-48-54(57)60-51-52(50-59-53(56)47-44-41-38-35-21-18-15-12-9-6-3)61-55(58)49-46-43-40-37-34-31-25-23-20-17-14-11-8-5-2/h7,10,16,19,24,26,28-29,31-34,52H,4-6,8-9,11-15,17-18,20-23,25,27,30,35-51H2,1-3H3/b10-7-,19-16-,26-24-,29-28-,33-32-,34-31-. The first kappa shape index (κ1) is 57.9. The lowest BCUT2D eigenvalue weighted by Gasteiger charge is -2.18. The molecule has 0 aromatic rings.